The van der Waals surface area contributed by atoms with Crippen LogP contribution in [0.3, 0.4) is 0 Å². The highest BCUT2D eigenvalue weighted by Crippen LogP contribution is 2.50. The summed E-state index contributed by atoms with van der Waals surface area (Å²) in [5, 5.41) is 0. The van der Waals surface area contributed by atoms with Crippen LogP contribution in [0.1, 0.15) is 30.6 Å². The molecule has 4 nitrogen and oxygen atoms in total. The van der Waals surface area contributed by atoms with E-state index in [0.29, 0.717) is 0 Å². The number of hydrogen-bond donors (Lipinski definition) is 0. The molecule has 0 unspecified atom stereocenters. The van der Waals surface area contributed by atoms with Crippen molar-refractivity contribution in [2.24, 2.45) is 5.41 Å². The fourth-order valence-corrected chi connectivity index (χ4v) is 5.16. The van der Waals surface area contributed by atoms with E-state index in [9.17, 15) is 4.79 Å². The van der Waals surface area contributed by atoms with E-state index in [4.69, 9.17) is 16.3 Å². The van der Waals surface area contributed by atoms with Gasteiger partial charge in [-0.15, -0.1) is 11.3 Å². The summed E-state index contributed by atoms with van der Waals surface area (Å²) in [7, 11) is 0. The first kappa shape index (κ1) is 15.9. The molecule has 1 aromatic heterocycles. The van der Waals surface area contributed by atoms with Crippen LogP contribution in [0, 0.1) is 5.41 Å². The molecular formula is C17H23ClN2O2S. The number of piperazine rings is 1. The van der Waals surface area contributed by atoms with Gasteiger partial charge in [-0.05, 0) is 25.0 Å². The Bertz CT molecular complexity index is 579. The zero-order valence-electron chi connectivity index (χ0n) is 13.3. The Morgan fingerprint density at radius 2 is 1.96 bits per heavy atom. The van der Waals surface area contributed by atoms with Gasteiger partial charge in [-0.25, -0.2) is 0 Å². The van der Waals surface area contributed by atoms with E-state index in [0.717, 1.165) is 62.9 Å². The van der Waals surface area contributed by atoms with Crippen molar-refractivity contribution in [3.8, 4) is 0 Å². The number of carbonyl (C=O) groups is 1. The van der Waals surface area contributed by atoms with Crippen LogP contribution >= 0.6 is 22.9 Å². The molecule has 3 aliphatic rings. The van der Waals surface area contributed by atoms with Gasteiger partial charge < -0.3 is 4.74 Å². The SMILES string of the molecule is O=C1O[C@H](CN2CCN(Cc3ccc(Cl)s3)CC2)CC12CCC2. The number of rotatable bonds is 4. The van der Waals surface area contributed by atoms with Gasteiger partial charge in [0.05, 0.1) is 9.75 Å². The number of halogens is 1. The van der Waals surface area contributed by atoms with Crippen LogP contribution in [0.2, 0.25) is 4.34 Å². The first-order valence-electron chi connectivity index (χ1n) is 8.53. The molecule has 0 N–H and O–H groups in total. The highest BCUT2D eigenvalue weighted by Gasteiger charge is 2.52. The monoisotopic (exact) mass is 354 g/mol. The predicted octanol–water partition coefficient (Wildman–Crippen LogP) is 3.00. The maximum absolute atomic E-state index is 12.0. The van der Waals surface area contributed by atoms with Crippen molar-refractivity contribution in [3.63, 3.8) is 0 Å². The summed E-state index contributed by atoms with van der Waals surface area (Å²) >= 11 is 7.67. The normalized spacial score (nSPS) is 28.0. The largest absolute Gasteiger partial charge is 0.461 e. The molecule has 3 fully saturated rings. The lowest BCUT2D eigenvalue weighted by Gasteiger charge is -2.36. The van der Waals surface area contributed by atoms with Crippen molar-refractivity contribution in [1.82, 2.24) is 9.80 Å². The Kier molecular flexibility index (Phi) is 4.39. The molecule has 1 atom stereocenters. The summed E-state index contributed by atoms with van der Waals surface area (Å²) < 4.78 is 6.51. The van der Waals surface area contributed by atoms with Crippen molar-refractivity contribution in [3.05, 3.63) is 21.3 Å². The number of thiophene rings is 1. The second kappa shape index (κ2) is 6.36. The van der Waals surface area contributed by atoms with E-state index in [2.05, 4.69) is 15.9 Å². The van der Waals surface area contributed by atoms with Crippen molar-refractivity contribution < 1.29 is 9.53 Å². The standard InChI is InChI=1S/C17H23ClN2O2S/c18-15-3-2-14(23-15)12-20-8-6-19(7-9-20)11-13-10-17(4-1-5-17)16(21)22-13/h2-3,13H,1,4-12H2/t13-/m0/s1. The van der Waals surface area contributed by atoms with E-state index >= 15 is 0 Å². The minimum absolute atomic E-state index is 0.0713. The number of esters is 1. The molecule has 23 heavy (non-hydrogen) atoms. The third-order valence-corrected chi connectivity index (χ3v) is 6.79. The highest BCUT2D eigenvalue weighted by molar-refractivity contribution is 7.16. The molecule has 1 spiro atoms. The van der Waals surface area contributed by atoms with Crippen LogP contribution in [0.15, 0.2) is 12.1 Å². The molecule has 6 heteroatoms. The Morgan fingerprint density at radius 1 is 1.22 bits per heavy atom. The average molecular weight is 355 g/mol. The summed E-state index contributed by atoms with van der Waals surface area (Å²) in [6.07, 6.45) is 4.33. The Hall–Kier alpha value is -0.620. The zero-order valence-corrected chi connectivity index (χ0v) is 14.9. The third kappa shape index (κ3) is 3.29. The number of carbonyl (C=O) groups excluding carboxylic acids is 1. The lowest BCUT2D eigenvalue weighted by molar-refractivity contribution is -0.152. The predicted molar refractivity (Wildman–Crippen MR) is 91.8 cm³/mol. The third-order valence-electron chi connectivity index (χ3n) is 5.57. The molecule has 0 amide bonds. The molecule has 2 saturated heterocycles. The maximum Gasteiger partial charge on any atom is 0.312 e. The molecular weight excluding hydrogens is 332 g/mol. The lowest BCUT2D eigenvalue weighted by Crippen LogP contribution is -2.48. The van der Waals surface area contributed by atoms with E-state index in [-0.39, 0.29) is 17.5 Å². The fraction of sp³-hybridized carbons (Fsp3) is 0.706. The topological polar surface area (TPSA) is 32.8 Å². The van der Waals surface area contributed by atoms with Gasteiger partial charge in [0.1, 0.15) is 6.10 Å². The molecule has 4 rings (SSSR count). The molecule has 2 aliphatic heterocycles. The minimum Gasteiger partial charge on any atom is -0.461 e. The number of ether oxygens (including phenoxy) is 1. The molecule has 1 aromatic rings. The molecule has 126 valence electrons. The van der Waals surface area contributed by atoms with Crippen LogP contribution in [0.5, 0.6) is 0 Å². The molecule has 1 aliphatic carbocycles. The summed E-state index contributed by atoms with van der Waals surface area (Å²) in [4.78, 5) is 18.3. The quantitative estimate of drug-likeness (QED) is 0.778. The molecule has 0 bridgehead atoms. The van der Waals surface area contributed by atoms with E-state index < -0.39 is 0 Å². The zero-order chi connectivity index (χ0) is 15.9. The highest BCUT2D eigenvalue weighted by atomic mass is 35.5. The van der Waals surface area contributed by atoms with Crippen LogP contribution in [0.4, 0.5) is 0 Å². The van der Waals surface area contributed by atoms with Gasteiger partial charge in [-0.2, -0.15) is 0 Å². The maximum atomic E-state index is 12.0. The van der Waals surface area contributed by atoms with Crippen molar-refractivity contribution >= 4 is 28.9 Å². The smallest absolute Gasteiger partial charge is 0.312 e. The Balaban J connectivity index is 1.23. The van der Waals surface area contributed by atoms with Gasteiger partial charge in [0.15, 0.2) is 0 Å². The van der Waals surface area contributed by atoms with Crippen LogP contribution in [-0.4, -0.2) is 54.6 Å². The van der Waals surface area contributed by atoms with Crippen LogP contribution < -0.4 is 0 Å². The van der Waals surface area contributed by atoms with E-state index in [1.54, 1.807) is 11.3 Å². The summed E-state index contributed by atoms with van der Waals surface area (Å²) in [6.45, 7) is 6.15. The van der Waals surface area contributed by atoms with Crippen molar-refractivity contribution in [1.29, 1.82) is 0 Å². The Morgan fingerprint density at radius 3 is 2.52 bits per heavy atom. The lowest BCUT2D eigenvalue weighted by atomic mass is 9.67. The van der Waals surface area contributed by atoms with Gasteiger partial charge >= 0.3 is 5.97 Å². The second-order valence-corrected chi connectivity index (χ2v) is 8.95. The van der Waals surface area contributed by atoms with Crippen molar-refractivity contribution in [2.45, 2.75) is 38.3 Å². The van der Waals surface area contributed by atoms with E-state index in [1.807, 2.05) is 6.07 Å². The van der Waals surface area contributed by atoms with Gasteiger partial charge in [0.25, 0.3) is 0 Å². The van der Waals surface area contributed by atoms with Gasteiger partial charge in [-0.3, -0.25) is 14.6 Å². The summed E-state index contributed by atoms with van der Waals surface area (Å²) in [6, 6.07) is 4.10. The van der Waals surface area contributed by atoms with Crippen LogP contribution in [-0.2, 0) is 16.1 Å². The van der Waals surface area contributed by atoms with Gasteiger partial charge in [-0.1, -0.05) is 18.0 Å². The molecule has 0 radical (unpaired) electrons. The molecule has 3 heterocycles. The first-order valence-corrected chi connectivity index (χ1v) is 9.72. The summed E-state index contributed by atoms with van der Waals surface area (Å²) in [5.41, 5.74) is -0.0923. The summed E-state index contributed by atoms with van der Waals surface area (Å²) in [5.74, 6) is 0.0713. The molecule has 0 aromatic carbocycles. The number of nitrogens with zero attached hydrogens (tertiary/aromatic N) is 2. The first-order chi connectivity index (χ1) is 11.1. The Labute approximate surface area is 146 Å². The van der Waals surface area contributed by atoms with Gasteiger partial charge in [0, 0.05) is 50.6 Å². The second-order valence-electron chi connectivity index (χ2n) is 7.15. The number of cyclic esters (lactones) is 1. The van der Waals surface area contributed by atoms with Crippen LogP contribution in [0.25, 0.3) is 0 Å². The minimum atomic E-state index is -0.0923. The molecule has 1 saturated carbocycles. The van der Waals surface area contributed by atoms with Crippen molar-refractivity contribution in [2.75, 3.05) is 32.7 Å². The average Bonchev–Trinajstić information content (AvgIpc) is 3.04. The number of hydrogen-bond acceptors (Lipinski definition) is 5. The van der Waals surface area contributed by atoms with Gasteiger partial charge in [0.2, 0.25) is 0 Å². The van der Waals surface area contributed by atoms with E-state index in [1.165, 1.54) is 11.3 Å². The fourth-order valence-electron chi connectivity index (χ4n) is 4.03.